The molecule has 0 bridgehead atoms. The van der Waals surface area contributed by atoms with Gasteiger partial charge >= 0.3 is 0 Å². The summed E-state index contributed by atoms with van der Waals surface area (Å²) in [6, 6.07) is 6.24. The van der Waals surface area contributed by atoms with Crippen molar-refractivity contribution in [3.63, 3.8) is 0 Å². The molecule has 4 rings (SSSR count). The van der Waals surface area contributed by atoms with Crippen molar-refractivity contribution in [2.45, 2.75) is 23.5 Å². The summed E-state index contributed by atoms with van der Waals surface area (Å²) >= 11 is 11.9. The van der Waals surface area contributed by atoms with Crippen LogP contribution in [0.1, 0.15) is 17.0 Å². The largest absolute Gasteiger partial charge is 0.394 e. The standard InChI is InChI=1S/C18H14Cl2FN3O4/c19-8-4-5-10-12(6-8)22-17(26)18(10)14(9-2-1-3-11(20)15(9)21)16(24(27)28)13(7-25)23-18/h1-6,13-14,16,23,25H,7H2,(H,22,26)/t13-,14-,16+,18+/m1/s1. The van der Waals surface area contributed by atoms with Crippen molar-refractivity contribution in [3.05, 3.63) is 73.5 Å². The van der Waals surface area contributed by atoms with Crippen LogP contribution in [0.15, 0.2) is 36.4 Å². The molecule has 28 heavy (non-hydrogen) atoms. The van der Waals surface area contributed by atoms with E-state index in [9.17, 15) is 24.4 Å². The molecule has 2 aliphatic heterocycles. The fourth-order valence-electron chi connectivity index (χ4n) is 4.32. The van der Waals surface area contributed by atoms with Gasteiger partial charge in [-0.1, -0.05) is 41.4 Å². The number of nitrogens with one attached hydrogen (secondary N) is 2. The Bertz CT molecular complexity index is 1000. The van der Waals surface area contributed by atoms with Gasteiger partial charge in [-0.05, 0) is 18.2 Å². The third kappa shape index (κ3) is 2.52. The fourth-order valence-corrected chi connectivity index (χ4v) is 4.67. The highest BCUT2D eigenvalue weighted by atomic mass is 35.5. The van der Waals surface area contributed by atoms with E-state index in [0.29, 0.717) is 16.3 Å². The first-order chi connectivity index (χ1) is 13.3. The van der Waals surface area contributed by atoms with Gasteiger partial charge in [-0.25, -0.2) is 4.39 Å². The molecule has 0 radical (unpaired) electrons. The van der Waals surface area contributed by atoms with Gasteiger partial charge in [0.25, 0.3) is 0 Å². The number of amides is 1. The summed E-state index contributed by atoms with van der Waals surface area (Å²) in [5.74, 6) is -2.67. The molecule has 3 N–H and O–H groups in total. The molecule has 10 heteroatoms. The zero-order valence-corrected chi connectivity index (χ0v) is 15.7. The Morgan fingerprint density at radius 2 is 2.04 bits per heavy atom. The van der Waals surface area contributed by atoms with Crippen molar-refractivity contribution in [3.8, 4) is 0 Å². The third-order valence-electron chi connectivity index (χ3n) is 5.40. The molecule has 1 fully saturated rings. The summed E-state index contributed by atoms with van der Waals surface area (Å²) in [7, 11) is 0. The molecule has 146 valence electrons. The fraction of sp³-hybridized carbons (Fsp3) is 0.278. The van der Waals surface area contributed by atoms with Crippen LogP contribution in [0.2, 0.25) is 10.0 Å². The van der Waals surface area contributed by atoms with E-state index < -0.39 is 46.8 Å². The number of anilines is 1. The highest BCUT2D eigenvalue weighted by Crippen LogP contribution is 2.53. The number of nitro groups is 1. The number of hydrogen-bond donors (Lipinski definition) is 3. The van der Waals surface area contributed by atoms with E-state index in [1.807, 2.05) is 0 Å². The molecule has 0 unspecified atom stereocenters. The number of hydrogen-bond acceptors (Lipinski definition) is 5. The minimum atomic E-state index is -1.66. The number of benzene rings is 2. The predicted octanol–water partition coefficient (Wildman–Crippen LogP) is 2.67. The van der Waals surface area contributed by atoms with Gasteiger partial charge in [0.1, 0.15) is 17.4 Å². The second-order valence-corrected chi connectivity index (χ2v) is 7.63. The van der Waals surface area contributed by atoms with Crippen LogP contribution in [0.4, 0.5) is 10.1 Å². The Morgan fingerprint density at radius 3 is 2.71 bits per heavy atom. The molecule has 2 aliphatic rings. The Kier molecular flexibility index (Phi) is 4.54. The normalized spacial score (nSPS) is 28.4. The van der Waals surface area contributed by atoms with Crippen LogP contribution in [0.25, 0.3) is 0 Å². The molecular weight excluding hydrogens is 412 g/mol. The Labute approximate surface area is 168 Å². The molecule has 1 saturated heterocycles. The lowest BCUT2D eigenvalue weighted by Crippen LogP contribution is -2.49. The van der Waals surface area contributed by atoms with E-state index in [0.717, 1.165) is 0 Å². The maximum atomic E-state index is 14.9. The number of carbonyl (C=O) groups excluding carboxylic acids is 1. The van der Waals surface area contributed by atoms with Gasteiger partial charge in [-0.15, -0.1) is 0 Å². The first-order valence-electron chi connectivity index (χ1n) is 8.38. The van der Waals surface area contributed by atoms with Crippen molar-refractivity contribution < 1.29 is 19.2 Å². The predicted molar refractivity (Wildman–Crippen MR) is 101 cm³/mol. The molecule has 2 aromatic carbocycles. The smallest absolute Gasteiger partial charge is 0.250 e. The molecular formula is C18H14Cl2FN3O4. The van der Waals surface area contributed by atoms with Crippen molar-refractivity contribution in [1.82, 2.24) is 5.32 Å². The zero-order chi connectivity index (χ0) is 20.2. The summed E-state index contributed by atoms with van der Waals surface area (Å²) in [4.78, 5) is 24.4. The number of carbonyl (C=O) groups is 1. The molecule has 0 aromatic heterocycles. The lowest BCUT2D eigenvalue weighted by atomic mass is 9.74. The minimum absolute atomic E-state index is 0.0735. The van der Waals surface area contributed by atoms with Crippen molar-refractivity contribution in [2.24, 2.45) is 0 Å². The van der Waals surface area contributed by atoms with Gasteiger partial charge in [0.15, 0.2) is 0 Å². The maximum absolute atomic E-state index is 14.9. The van der Waals surface area contributed by atoms with Gasteiger partial charge in [0, 0.05) is 26.8 Å². The van der Waals surface area contributed by atoms with Crippen molar-refractivity contribution >= 4 is 34.8 Å². The zero-order valence-electron chi connectivity index (χ0n) is 14.2. The first-order valence-corrected chi connectivity index (χ1v) is 9.14. The van der Waals surface area contributed by atoms with Gasteiger partial charge in [0.2, 0.25) is 11.9 Å². The summed E-state index contributed by atoms with van der Waals surface area (Å²) < 4.78 is 14.9. The molecule has 4 atom stereocenters. The number of fused-ring (bicyclic) bond motifs is 2. The average molecular weight is 426 g/mol. The van der Waals surface area contributed by atoms with Gasteiger partial charge in [-0.2, -0.15) is 0 Å². The molecule has 0 aliphatic carbocycles. The van der Waals surface area contributed by atoms with E-state index in [4.69, 9.17) is 23.2 Å². The van der Waals surface area contributed by atoms with Crippen LogP contribution < -0.4 is 10.6 Å². The molecule has 7 nitrogen and oxygen atoms in total. The highest BCUT2D eigenvalue weighted by Gasteiger charge is 2.67. The molecule has 2 heterocycles. The average Bonchev–Trinajstić information content (AvgIpc) is 3.13. The molecule has 0 saturated carbocycles. The van der Waals surface area contributed by atoms with Gasteiger partial charge < -0.3 is 10.4 Å². The van der Waals surface area contributed by atoms with E-state index in [-0.39, 0.29) is 10.6 Å². The second kappa shape index (κ2) is 6.66. The first kappa shape index (κ1) is 19.1. The van der Waals surface area contributed by atoms with Gasteiger partial charge in [-0.3, -0.25) is 20.2 Å². The van der Waals surface area contributed by atoms with Crippen LogP contribution >= 0.6 is 23.2 Å². The number of halogens is 3. The van der Waals surface area contributed by atoms with Crippen molar-refractivity contribution in [1.29, 1.82) is 0 Å². The summed E-state index contributed by atoms with van der Waals surface area (Å²) in [6.07, 6.45) is 0. The van der Waals surface area contributed by atoms with Crippen LogP contribution in [0.5, 0.6) is 0 Å². The highest BCUT2D eigenvalue weighted by molar-refractivity contribution is 6.31. The third-order valence-corrected chi connectivity index (χ3v) is 5.93. The Morgan fingerprint density at radius 1 is 1.29 bits per heavy atom. The quantitative estimate of drug-likeness (QED) is 0.517. The van der Waals surface area contributed by atoms with Crippen LogP contribution in [0.3, 0.4) is 0 Å². The topological polar surface area (TPSA) is 104 Å². The van der Waals surface area contributed by atoms with Crippen LogP contribution in [-0.4, -0.2) is 34.6 Å². The summed E-state index contributed by atoms with van der Waals surface area (Å²) in [6.45, 7) is -0.609. The molecule has 1 spiro atoms. The Balaban J connectivity index is 2.02. The van der Waals surface area contributed by atoms with E-state index >= 15 is 0 Å². The van der Waals surface area contributed by atoms with Crippen LogP contribution in [-0.2, 0) is 10.3 Å². The lowest BCUT2D eigenvalue weighted by molar-refractivity contribution is -0.527. The van der Waals surface area contributed by atoms with E-state index in [1.54, 1.807) is 12.1 Å². The SMILES string of the molecule is O=C1Nc2cc(Cl)ccc2[C@@]12N[C@H](CO)[C@H]([N+](=O)[O-])[C@H]2c1cccc(Cl)c1F. The summed E-state index contributed by atoms with van der Waals surface area (Å²) in [5.41, 5.74) is -0.959. The lowest BCUT2D eigenvalue weighted by Gasteiger charge is -2.30. The molecule has 1 amide bonds. The number of aliphatic hydroxyl groups excluding tert-OH is 1. The van der Waals surface area contributed by atoms with Crippen LogP contribution in [0, 0.1) is 15.9 Å². The monoisotopic (exact) mass is 425 g/mol. The van der Waals surface area contributed by atoms with E-state index in [1.165, 1.54) is 24.3 Å². The second-order valence-electron chi connectivity index (χ2n) is 6.78. The summed E-state index contributed by atoms with van der Waals surface area (Å²) in [5, 5.41) is 27.4. The number of aliphatic hydroxyl groups is 1. The minimum Gasteiger partial charge on any atom is -0.394 e. The molecule has 2 aromatic rings. The number of nitrogens with zero attached hydrogens (tertiary/aromatic N) is 1. The van der Waals surface area contributed by atoms with E-state index in [2.05, 4.69) is 10.6 Å². The Hall–Kier alpha value is -2.26. The van der Waals surface area contributed by atoms with Crippen molar-refractivity contribution in [2.75, 3.05) is 11.9 Å². The van der Waals surface area contributed by atoms with Gasteiger partial charge in [0.05, 0.1) is 17.5 Å². The maximum Gasteiger partial charge on any atom is 0.250 e. The number of rotatable bonds is 3.